The van der Waals surface area contributed by atoms with Crippen molar-refractivity contribution in [3.8, 4) is 0 Å². The normalized spacial score (nSPS) is 14.5. The molecule has 0 spiro atoms. The fourth-order valence-corrected chi connectivity index (χ4v) is 4.99. The van der Waals surface area contributed by atoms with Crippen LogP contribution in [-0.2, 0) is 38.6 Å². The van der Waals surface area contributed by atoms with Crippen LogP contribution in [0.15, 0.2) is 23.3 Å². The van der Waals surface area contributed by atoms with Crippen molar-refractivity contribution in [1.29, 1.82) is 0 Å². The van der Waals surface area contributed by atoms with Crippen LogP contribution >= 0.6 is 0 Å². The number of carbonyl (C=O) groups excluding carboxylic acids is 3. The van der Waals surface area contributed by atoms with Crippen molar-refractivity contribution in [3.05, 3.63) is 23.3 Å². The zero-order valence-electron chi connectivity index (χ0n) is 27.7. The summed E-state index contributed by atoms with van der Waals surface area (Å²) in [4.78, 5) is 57.2. The zero-order chi connectivity index (χ0) is 32.0. The summed E-state index contributed by atoms with van der Waals surface area (Å²) in [6, 6.07) is 0. The molecule has 0 saturated heterocycles. The molecule has 0 bridgehead atoms. The molecule has 0 aromatic rings. The Bertz CT molecular complexity index is 876. The van der Waals surface area contributed by atoms with Gasteiger partial charge in [0.2, 0.25) is 0 Å². The first kappa shape index (κ1) is 37.6. The van der Waals surface area contributed by atoms with E-state index >= 15 is 0 Å². The highest BCUT2D eigenvalue weighted by atomic mass is 17.3. The summed E-state index contributed by atoms with van der Waals surface area (Å²) < 4.78 is 10.3. The van der Waals surface area contributed by atoms with Crippen molar-refractivity contribution in [2.45, 2.75) is 135 Å². The molecule has 0 radical (unpaired) electrons. The number of hydrogen-bond acceptors (Lipinski definition) is 9. The Labute approximate surface area is 241 Å². The van der Waals surface area contributed by atoms with Gasteiger partial charge < -0.3 is 9.47 Å². The van der Waals surface area contributed by atoms with Gasteiger partial charge in [-0.3, -0.25) is 9.78 Å². The van der Waals surface area contributed by atoms with Crippen LogP contribution in [0.2, 0.25) is 0 Å². The molecule has 9 heteroatoms. The largest absolute Gasteiger partial charge is 0.513 e. The van der Waals surface area contributed by atoms with E-state index in [0.29, 0.717) is 11.1 Å². The van der Waals surface area contributed by atoms with E-state index in [4.69, 9.17) is 29.0 Å². The molecule has 0 aromatic heterocycles. The first-order valence-electron chi connectivity index (χ1n) is 13.6. The summed E-state index contributed by atoms with van der Waals surface area (Å²) in [5.41, 5.74) is 0.369. The van der Waals surface area contributed by atoms with E-state index in [1.54, 1.807) is 13.8 Å². The van der Waals surface area contributed by atoms with Gasteiger partial charge in [0, 0.05) is 38.8 Å². The Morgan fingerprint density at radius 1 is 0.525 bits per heavy atom. The highest BCUT2D eigenvalue weighted by Gasteiger charge is 2.34. The van der Waals surface area contributed by atoms with Crippen LogP contribution in [0, 0.1) is 21.7 Å². The molecule has 0 aliphatic carbocycles. The van der Waals surface area contributed by atoms with E-state index in [-0.39, 0.29) is 21.7 Å². The average Bonchev–Trinajstić information content (AvgIpc) is 2.64. The minimum atomic E-state index is -1.68. The summed E-state index contributed by atoms with van der Waals surface area (Å²) in [5.74, 6) is -4.79. The lowest BCUT2D eigenvalue weighted by Gasteiger charge is -2.30. The van der Waals surface area contributed by atoms with E-state index in [9.17, 15) is 14.4 Å². The van der Waals surface area contributed by atoms with Crippen LogP contribution in [-0.4, -0.2) is 29.7 Å². The van der Waals surface area contributed by atoms with Crippen molar-refractivity contribution in [2.24, 2.45) is 21.7 Å². The monoisotopic (exact) mass is 570 g/mol. The van der Waals surface area contributed by atoms with E-state index < -0.39 is 29.7 Å². The molecular formula is C31H54O9. The first-order chi connectivity index (χ1) is 17.5. The maximum Gasteiger partial charge on any atom is 0.513 e. The summed E-state index contributed by atoms with van der Waals surface area (Å²) in [7, 11) is 0. The van der Waals surface area contributed by atoms with Gasteiger partial charge >= 0.3 is 18.1 Å². The van der Waals surface area contributed by atoms with E-state index in [1.165, 1.54) is 27.7 Å². The van der Waals surface area contributed by atoms with Crippen molar-refractivity contribution >= 4 is 18.1 Å². The van der Waals surface area contributed by atoms with Crippen LogP contribution in [0.1, 0.15) is 124 Å². The lowest BCUT2D eigenvalue weighted by Crippen LogP contribution is -2.38. The van der Waals surface area contributed by atoms with Gasteiger partial charge in [-0.1, -0.05) is 81.4 Å². The summed E-state index contributed by atoms with van der Waals surface area (Å²) >= 11 is 0. The second-order valence-corrected chi connectivity index (χ2v) is 15.3. The third-order valence-corrected chi connectivity index (χ3v) is 5.12. The highest BCUT2D eigenvalue weighted by molar-refractivity contribution is 5.87. The highest BCUT2D eigenvalue weighted by Crippen LogP contribution is 2.36. The predicted molar refractivity (Wildman–Crippen MR) is 153 cm³/mol. The second kappa shape index (κ2) is 13.5. The molecule has 0 atom stereocenters. The summed E-state index contributed by atoms with van der Waals surface area (Å²) in [6.07, 6.45) is 4.17. The fourth-order valence-electron chi connectivity index (χ4n) is 4.99. The Balaban J connectivity index is 4.98. The number of carbonyl (C=O) groups is 3. The summed E-state index contributed by atoms with van der Waals surface area (Å²) in [5, 5.41) is 0. The first-order valence-corrected chi connectivity index (χ1v) is 13.6. The van der Waals surface area contributed by atoms with Gasteiger partial charge in [-0.25, -0.2) is 14.4 Å². The zero-order valence-corrected chi connectivity index (χ0v) is 27.7. The van der Waals surface area contributed by atoms with Crippen LogP contribution in [0.25, 0.3) is 0 Å². The predicted octanol–water partition coefficient (Wildman–Crippen LogP) is 8.38. The third-order valence-electron chi connectivity index (χ3n) is 5.12. The number of allylic oxidation sites excluding steroid dienone is 2. The molecular weight excluding hydrogens is 516 g/mol. The van der Waals surface area contributed by atoms with Crippen LogP contribution < -0.4 is 0 Å². The fraction of sp³-hybridized carbons (Fsp3) is 0.774. The number of rotatable bonds is 12. The molecule has 0 saturated carbocycles. The van der Waals surface area contributed by atoms with Crippen molar-refractivity contribution in [2.75, 3.05) is 0 Å². The molecule has 0 aliphatic rings. The van der Waals surface area contributed by atoms with Gasteiger partial charge in [-0.05, 0) is 48.3 Å². The van der Waals surface area contributed by atoms with Crippen LogP contribution in [0.3, 0.4) is 0 Å². The molecule has 0 aliphatic heterocycles. The smallest absolute Gasteiger partial charge is 0.398 e. The molecule has 0 rings (SSSR count). The summed E-state index contributed by atoms with van der Waals surface area (Å²) in [6.45, 7) is 29.6. The lowest BCUT2D eigenvalue weighted by atomic mass is 9.75. The standard InChI is InChI=1S/C31H54O9/c1-21(17-28(9,10)19-26(3,4)5)23(32)37-39-30(13,14)35-25(34)36-31(15,16)40-38-24(33)22(2)18-29(11,12)20-27(6,7)8/h17-18H,19-20H2,1-16H3/b21-17-,22-18-. The van der Waals surface area contributed by atoms with E-state index in [0.717, 1.165) is 12.8 Å². The SMILES string of the molecule is C/C(=C/C(C)(C)CC(C)(C)C)C(=O)OOC(C)(C)OC(=O)OC(C)(C)OOC(=O)/C(C)=C\C(C)(C)CC(C)(C)C. The van der Waals surface area contributed by atoms with Crippen LogP contribution in [0.5, 0.6) is 0 Å². The van der Waals surface area contributed by atoms with Crippen molar-refractivity contribution in [1.82, 2.24) is 0 Å². The molecule has 0 heterocycles. The van der Waals surface area contributed by atoms with Crippen molar-refractivity contribution in [3.63, 3.8) is 0 Å². The number of hydrogen-bond donors (Lipinski definition) is 0. The molecule has 232 valence electrons. The molecule has 40 heavy (non-hydrogen) atoms. The maximum absolute atomic E-state index is 12.4. The molecule has 0 fully saturated rings. The minimum absolute atomic E-state index is 0.0746. The molecule has 9 nitrogen and oxygen atoms in total. The Morgan fingerprint density at radius 2 is 0.800 bits per heavy atom. The molecule has 0 N–H and O–H groups in total. The molecule has 0 amide bonds. The Kier molecular flexibility index (Phi) is 12.7. The van der Waals surface area contributed by atoms with Gasteiger partial charge in [0.25, 0.3) is 11.6 Å². The lowest BCUT2D eigenvalue weighted by molar-refractivity contribution is -0.397. The third kappa shape index (κ3) is 17.3. The minimum Gasteiger partial charge on any atom is -0.398 e. The van der Waals surface area contributed by atoms with E-state index in [1.807, 2.05) is 39.8 Å². The van der Waals surface area contributed by atoms with Gasteiger partial charge in [0.15, 0.2) is 0 Å². The van der Waals surface area contributed by atoms with Gasteiger partial charge in [-0.2, -0.15) is 0 Å². The van der Waals surface area contributed by atoms with Gasteiger partial charge in [0.1, 0.15) is 0 Å². The number of ether oxygens (including phenoxy) is 2. The Morgan fingerprint density at radius 3 is 1.05 bits per heavy atom. The quantitative estimate of drug-likeness (QED) is 0.0751. The van der Waals surface area contributed by atoms with Crippen molar-refractivity contribution < 1.29 is 43.4 Å². The molecule has 0 unspecified atom stereocenters. The topological polar surface area (TPSA) is 107 Å². The molecule has 0 aromatic carbocycles. The Hall–Kier alpha value is -2.39. The van der Waals surface area contributed by atoms with Gasteiger partial charge in [0.05, 0.1) is 0 Å². The maximum atomic E-state index is 12.4. The van der Waals surface area contributed by atoms with E-state index in [2.05, 4.69) is 41.5 Å². The van der Waals surface area contributed by atoms with Gasteiger partial charge in [-0.15, -0.1) is 9.78 Å². The van der Waals surface area contributed by atoms with Crippen LogP contribution in [0.4, 0.5) is 4.79 Å². The average molecular weight is 571 g/mol. The second-order valence-electron chi connectivity index (χ2n) is 15.3.